The largest absolute Gasteiger partial charge is 0.497 e. The first-order chi connectivity index (χ1) is 10.3. The number of nitrogens with zero attached hydrogens (tertiary/aromatic N) is 2. The summed E-state index contributed by atoms with van der Waals surface area (Å²) in [4.78, 5) is 8.65. The molecule has 0 bridgehead atoms. The second-order valence-corrected chi connectivity index (χ2v) is 4.44. The Morgan fingerprint density at radius 3 is 2.38 bits per heavy atom. The van der Waals surface area contributed by atoms with E-state index in [0.29, 0.717) is 5.95 Å². The van der Waals surface area contributed by atoms with Crippen molar-refractivity contribution in [2.45, 2.75) is 0 Å². The minimum Gasteiger partial charge on any atom is -0.497 e. The SMILES string of the molecule is COc1ccc(-c2cnc(Nc3c[c]ccc3)nc2)cc1. The van der Waals surface area contributed by atoms with Gasteiger partial charge in [-0.05, 0) is 35.9 Å². The van der Waals surface area contributed by atoms with Crippen molar-refractivity contribution in [1.29, 1.82) is 0 Å². The zero-order valence-corrected chi connectivity index (χ0v) is 11.6. The average molecular weight is 276 g/mol. The minimum absolute atomic E-state index is 0.562. The summed E-state index contributed by atoms with van der Waals surface area (Å²) in [7, 11) is 1.65. The molecule has 0 aliphatic carbocycles. The molecule has 0 amide bonds. The van der Waals surface area contributed by atoms with E-state index in [0.717, 1.165) is 22.6 Å². The number of nitrogens with one attached hydrogen (secondary N) is 1. The number of anilines is 2. The van der Waals surface area contributed by atoms with Crippen LogP contribution in [0.1, 0.15) is 0 Å². The van der Waals surface area contributed by atoms with Gasteiger partial charge < -0.3 is 10.1 Å². The lowest BCUT2D eigenvalue weighted by Gasteiger charge is -2.06. The molecule has 0 saturated heterocycles. The molecule has 3 aromatic rings. The average Bonchev–Trinajstić information content (AvgIpc) is 2.57. The van der Waals surface area contributed by atoms with Gasteiger partial charge in [0, 0.05) is 23.6 Å². The minimum atomic E-state index is 0.562. The molecule has 3 rings (SSSR count). The van der Waals surface area contributed by atoms with Gasteiger partial charge >= 0.3 is 0 Å². The van der Waals surface area contributed by atoms with E-state index in [-0.39, 0.29) is 0 Å². The number of methoxy groups -OCH3 is 1. The van der Waals surface area contributed by atoms with Gasteiger partial charge in [0.15, 0.2) is 0 Å². The molecular formula is C17H14N3O. The molecule has 0 unspecified atom stereocenters. The molecule has 103 valence electrons. The molecule has 0 aliphatic rings. The lowest BCUT2D eigenvalue weighted by Crippen LogP contribution is -1.96. The van der Waals surface area contributed by atoms with Crippen LogP contribution in [0.25, 0.3) is 11.1 Å². The number of rotatable bonds is 4. The van der Waals surface area contributed by atoms with E-state index in [9.17, 15) is 0 Å². The summed E-state index contributed by atoms with van der Waals surface area (Å²) in [5.74, 6) is 1.39. The highest BCUT2D eigenvalue weighted by Crippen LogP contribution is 2.22. The fraction of sp³-hybridized carbons (Fsp3) is 0.0588. The Labute approximate surface area is 123 Å². The Bertz CT molecular complexity index is 694. The number of ether oxygens (including phenoxy) is 1. The van der Waals surface area contributed by atoms with Crippen LogP contribution in [0.15, 0.2) is 60.9 Å². The van der Waals surface area contributed by atoms with Gasteiger partial charge in [-0.3, -0.25) is 0 Å². The van der Waals surface area contributed by atoms with Gasteiger partial charge in [-0.2, -0.15) is 0 Å². The topological polar surface area (TPSA) is 47.0 Å². The molecule has 2 aromatic carbocycles. The summed E-state index contributed by atoms with van der Waals surface area (Å²) in [5.41, 5.74) is 2.92. The predicted octanol–water partition coefficient (Wildman–Crippen LogP) is 3.70. The van der Waals surface area contributed by atoms with E-state index in [1.54, 1.807) is 19.5 Å². The lowest BCUT2D eigenvalue weighted by atomic mass is 10.1. The summed E-state index contributed by atoms with van der Waals surface area (Å²) >= 11 is 0. The maximum absolute atomic E-state index is 5.15. The van der Waals surface area contributed by atoms with Crippen molar-refractivity contribution in [1.82, 2.24) is 9.97 Å². The second kappa shape index (κ2) is 6.05. The highest BCUT2D eigenvalue weighted by atomic mass is 16.5. The highest BCUT2D eigenvalue weighted by molar-refractivity contribution is 5.63. The number of hydrogen-bond acceptors (Lipinski definition) is 4. The van der Waals surface area contributed by atoms with Crippen LogP contribution in [0, 0.1) is 6.07 Å². The van der Waals surface area contributed by atoms with Crippen molar-refractivity contribution >= 4 is 11.6 Å². The van der Waals surface area contributed by atoms with Gasteiger partial charge in [0.2, 0.25) is 5.95 Å². The monoisotopic (exact) mass is 276 g/mol. The molecular weight excluding hydrogens is 262 g/mol. The Morgan fingerprint density at radius 2 is 1.76 bits per heavy atom. The summed E-state index contributed by atoms with van der Waals surface area (Å²) in [6, 6.07) is 18.3. The molecule has 0 aliphatic heterocycles. The number of benzene rings is 2. The molecule has 4 heteroatoms. The Balaban J connectivity index is 1.77. The van der Waals surface area contributed by atoms with E-state index < -0.39 is 0 Å². The standard InChI is InChI=1S/C17H14N3O/c1-21-16-9-7-13(8-10-16)14-11-18-17(19-12-14)20-15-5-3-2-4-6-15/h2-3,5-12H,1H3,(H,18,19,20). The van der Waals surface area contributed by atoms with Gasteiger partial charge in [0.05, 0.1) is 7.11 Å². The van der Waals surface area contributed by atoms with E-state index in [1.165, 1.54) is 0 Å². The Kier molecular flexibility index (Phi) is 3.78. The van der Waals surface area contributed by atoms with Crippen LogP contribution in [-0.2, 0) is 0 Å². The molecule has 21 heavy (non-hydrogen) atoms. The first kappa shape index (κ1) is 13.1. The zero-order valence-electron chi connectivity index (χ0n) is 11.6. The van der Waals surface area contributed by atoms with E-state index in [1.807, 2.05) is 48.5 Å². The third-order valence-corrected chi connectivity index (χ3v) is 3.04. The van der Waals surface area contributed by atoms with E-state index in [4.69, 9.17) is 4.74 Å². The van der Waals surface area contributed by atoms with Crippen LogP contribution in [0.3, 0.4) is 0 Å². The molecule has 0 fully saturated rings. The Morgan fingerprint density at radius 1 is 1.00 bits per heavy atom. The molecule has 1 N–H and O–H groups in total. The molecule has 4 nitrogen and oxygen atoms in total. The van der Waals surface area contributed by atoms with Crippen molar-refractivity contribution < 1.29 is 4.74 Å². The maximum atomic E-state index is 5.15. The van der Waals surface area contributed by atoms with Crippen molar-refractivity contribution in [3.63, 3.8) is 0 Å². The van der Waals surface area contributed by atoms with Crippen LogP contribution in [0.5, 0.6) is 5.75 Å². The molecule has 0 saturated carbocycles. The second-order valence-electron chi connectivity index (χ2n) is 4.44. The van der Waals surface area contributed by atoms with Crippen LogP contribution < -0.4 is 10.1 Å². The first-order valence-corrected chi connectivity index (χ1v) is 6.55. The highest BCUT2D eigenvalue weighted by Gasteiger charge is 2.01. The van der Waals surface area contributed by atoms with Crippen LogP contribution >= 0.6 is 0 Å². The van der Waals surface area contributed by atoms with Gasteiger partial charge in [-0.1, -0.05) is 24.3 Å². The summed E-state index contributed by atoms with van der Waals surface area (Å²) in [5, 5.41) is 3.13. The van der Waals surface area contributed by atoms with Crippen molar-refractivity contribution in [2.75, 3.05) is 12.4 Å². The third-order valence-electron chi connectivity index (χ3n) is 3.04. The normalized spacial score (nSPS) is 10.1. The first-order valence-electron chi connectivity index (χ1n) is 6.55. The summed E-state index contributed by atoms with van der Waals surface area (Å²) in [6.07, 6.45) is 3.59. The molecule has 0 atom stereocenters. The smallest absolute Gasteiger partial charge is 0.227 e. The number of aromatic nitrogens is 2. The summed E-state index contributed by atoms with van der Waals surface area (Å²) < 4.78 is 5.15. The van der Waals surface area contributed by atoms with Gasteiger partial charge in [0.1, 0.15) is 5.75 Å². The lowest BCUT2D eigenvalue weighted by molar-refractivity contribution is 0.415. The van der Waals surface area contributed by atoms with Crippen molar-refractivity contribution in [3.05, 3.63) is 67.0 Å². The summed E-state index contributed by atoms with van der Waals surface area (Å²) in [6.45, 7) is 0. The van der Waals surface area contributed by atoms with Crippen LogP contribution in [0.4, 0.5) is 11.6 Å². The fourth-order valence-electron chi connectivity index (χ4n) is 1.93. The predicted molar refractivity (Wildman–Crippen MR) is 82.6 cm³/mol. The molecule has 1 radical (unpaired) electrons. The maximum Gasteiger partial charge on any atom is 0.227 e. The fourth-order valence-corrected chi connectivity index (χ4v) is 1.93. The van der Waals surface area contributed by atoms with Crippen molar-refractivity contribution in [2.24, 2.45) is 0 Å². The van der Waals surface area contributed by atoms with Crippen LogP contribution in [-0.4, -0.2) is 17.1 Å². The zero-order chi connectivity index (χ0) is 14.5. The van der Waals surface area contributed by atoms with E-state index in [2.05, 4.69) is 21.4 Å². The molecule has 1 aromatic heterocycles. The third kappa shape index (κ3) is 3.17. The Hall–Kier alpha value is -2.88. The van der Waals surface area contributed by atoms with Gasteiger partial charge in [-0.25, -0.2) is 9.97 Å². The molecule has 0 spiro atoms. The van der Waals surface area contributed by atoms with Gasteiger partial charge in [-0.15, -0.1) is 0 Å². The van der Waals surface area contributed by atoms with Gasteiger partial charge in [0.25, 0.3) is 0 Å². The number of hydrogen-bond donors (Lipinski definition) is 1. The quantitative estimate of drug-likeness (QED) is 0.789. The van der Waals surface area contributed by atoms with Crippen LogP contribution in [0.2, 0.25) is 0 Å². The van der Waals surface area contributed by atoms with E-state index >= 15 is 0 Å². The molecule has 1 heterocycles. The van der Waals surface area contributed by atoms with Crippen molar-refractivity contribution in [3.8, 4) is 16.9 Å².